The summed E-state index contributed by atoms with van der Waals surface area (Å²) < 4.78 is 7.17. The zero-order chi connectivity index (χ0) is 15.2. The molecule has 2 aromatic rings. The molecule has 1 heterocycles. The van der Waals surface area contributed by atoms with Gasteiger partial charge in [0, 0.05) is 29.0 Å². The molecule has 1 aromatic heterocycles. The van der Waals surface area contributed by atoms with Gasteiger partial charge in [0.2, 0.25) is 0 Å². The minimum Gasteiger partial charge on any atom is -0.493 e. The molecule has 0 aliphatic rings. The SMILES string of the molecule is Cc1cc(Br)cc(CNC(C)C)c1OCCc1ccsc1. The third kappa shape index (κ3) is 5.13. The standard InChI is InChI=1S/C17H22BrNOS/c1-12(2)19-10-15-9-16(18)8-13(3)17(15)20-6-4-14-5-7-21-11-14/h5,7-9,11-12,19H,4,6,10H2,1-3H3. The lowest BCUT2D eigenvalue weighted by molar-refractivity contribution is 0.315. The van der Waals surface area contributed by atoms with E-state index >= 15 is 0 Å². The van der Waals surface area contributed by atoms with Gasteiger partial charge in [-0.2, -0.15) is 11.3 Å². The van der Waals surface area contributed by atoms with Crippen molar-refractivity contribution >= 4 is 27.3 Å². The number of hydrogen-bond donors (Lipinski definition) is 1. The smallest absolute Gasteiger partial charge is 0.126 e. The van der Waals surface area contributed by atoms with Crippen molar-refractivity contribution in [1.29, 1.82) is 0 Å². The van der Waals surface area contributed by atoms with Crippen molar-refractivity contribution in [2.45, 2.75) is 39.8 Å². The van der Waals surface area contributed by atoms with Crippen LogP contribution in [0.4, 0.5) is 0 Å². The van der Waals surface area contributed by atoms with Crippen LogP contribution in [0.1, 0.15) is 30.5 Å². The number of thiophene rings is 1. The van der Waals surface area contributed by atoms with E-state index in [0.29, 0.717) is 12.6 Å². The van der Waals surface area contributed by atoms with Crippen molar-refractivity contribution in [1.82, 2.24) is 5.32 Å². The molecule has 0 atom stereocenters. The number of ether oxygens (including phenoxy) is 1. The predicted octanol–water partition coefficient (Wildman–Crippen LogP) is 4.94. The van der Waals surface area contributed by atoms with Gasteiger partial charge in [-0.3, -0.25) is 0 Å². The predicted molar refractivity (Wildman–Crippen MR) is 94.4 cm³/mol. The average Bonchev–Trinajstić information content (AvgIpc) is 2.92. The molecular formula is C17H22BrNOS. The molecule has 0 amide bonds. The van der Waals surface area contributed by atoms with Crippen LogP contribution in [0.15, 0.2) is 33.4 Å². The summed E-state index contributed by atoms with van der Waals surface area (Å²) in [5.41, 5.74) is 3.73. The molecular weight excluding hydrogens is 346 g/mol. The van der Waals surface area contributed by atoms with Crippen molar-refractivity contribution in [2.24, 2.45) is 0 Å². The van der Waals surface area contributed by atoms with Crippen LogP contribution in [-0.4, -0.2) is 12.6 Å². The zero-order valence-corrected chi connectivity index (χ0v) is 15.2. The lowest BCUT2D eigenvalue weighted by Crippen LogP contribution is -2.22. The zero-order valence-electron chi connectivity index (χ0n) is 12.8. The Morgan fingerprint density at radius 2 is 2.14 bits per heavy atom. The van der Waals surface area contributed by atoms with Crippen LogP contribution in [0.25, 0.3) is 0 Å². The minimum atomic E-state index is 0.461. The van der Waals surface area contributed by atoms with Crippen LogP contribution in [-0.2, 0) is 13.0 Å². The maximum absolute atomic E-state index is 6.07. The highest BCUT2D eigenvalue weighted by molar-refractivity contribution is 9.10. The first-order chi connectivity index (χ1) is 10.1. The monoisotopic (exact) mass is 367 g/mol. The number of aryl methyl sites for hydroxylation is 1. The van der Waals surface area contributed by atoms with E-state index in [1.807, 2.05) is 0 Å². The molecule has 0 spiro atoms. The van der Waals surface area contributed by atoms with E-state index in [4.69, 9.17) is 4.74 Å². The van der Waals surface area contributed by atoms with E-state index in [1.165, 1.54) is 16.7 Å². The van der Waals surface area contributed by atoms with E-state index in [0.717, 1.165) is 23.2 Å². The second-order valence-electron chi connectivity index (χ2n) is 5.48. The highest BCUT2D eigenvalue weighted by atomic mass is 79.9. The highest BCUT2D eigenvalue weighted by Crippen LogP contribution is 2.28. The summed E-state index contributed by atoms with van der Waals surface area (Å²) in [4.78, 5) is 0. The van der Waals surface area contributed by atoms with Crippen LogP contribution in [0.3, 0.4) is 0 Å². The largest absolute Gasteiger partial charge is 0.493 e. The molecule has 1 aromatic carbocycles. The van der Waals surface area contributed by atoms with Gasteiger partial charge in [0.15, 0.2) is 0 Å². The van der Waals surface area contributed by atoms with Gasteiger partial charge >= 0.3 is 0 Å². The Morgan fingerprint density at radius 3 is 2.81 bits per heavy atom. The highest BCUT2D eigenvalue weighted by Gasteiger charge is 2.10. The van der Waals surface area contributed by atoms with Gasteiger partial charge in [0.05, 0.1) is 6.61 Å². The Hall–Kier alpha value is -0.840. The first kappa shape index (κ1) is 16.5. The third-order valence-electron chi connectivity index (χ3n) is 3.23. The van der Waals surface area contributed by atoms with Crippen molar-refractivity contribution in [3.05, 3.63) is 50.1 Å². The molecule has 114 valence electrons. The maximum atomic E-state index is 6.07. The third-order valence-corrected chi connectivity index (χ3v) is 4.42. The van der Waals surface area contributed by atoms with Crippen molar-refractivity contribution < 1.29 is 4.74 Å². The van der Waals surface area contributed by atoms with Gasteiger partial charge in [-0.1, -0.05) is 29.8 Å². The Balaban J connectivity index is 2.05. The first-order valence-electron chi connectivity index (χ1n) is 7.22. The van der Waals surface area contributed by atoms with Gasteiger partial charge in [-0.25, -0.2) is 0 Å². The second kappa shape index (κ2) is 7.97. The molecule has 0 unspecified atom stereocenters. The number of benzene rings is 1. The molecule has 4 heteroatoms. The molecule has 0 saturated carbocycles. The summed E-state index contributed by atoms with van der Waals surface area (Å²) >= 11 is 5.31. The van der Waals surface area contributed by atoms with E-state index in [2.05, 4.69) is 71.0 Å². The summed E-state index contributed by atoms with van der Waals surface area (Å²) in [6.07, 6.45) is 0.954. The van der Waals surface area contributed by atoms with E-state index in [-0.39, 0.29) is 0 Å². The average molecular weight is 368 g/mol. The quantitative estimate of drug-likeness (QED) is 0.748. The van der Waals surface area contributed by atoms with Crippen molar-refractivity contribution in [3.8, 4) is 5.75 Å². The van der Waals surface area contributed by atoms with Crippen LogP contribution in [0.5, 0.6) is 5.75 Å². The lowest BCUT2D eigenvalue weighted by Gasteiger charge is -2.16. The van der Waals surface area contributed by atoms with Gasteiger partial charge in [0.25, 0.3) is 0 Å². The molecule has 0 bridgehead atoms. The Labute approximate surface area is 139 Å². The van der Waals surface area contributed by atoms with E-state index in [9.17, 15) is 0 Å². The molecule has 0 aliphatic heterocycles. The van der Waals surface area contributed by atoms with Gasteiger partial charge in [-0.05, 0) is 47.0 Å². The molecule has 0 saturated heterocycles. The fourth-order valence-corrected chi connectivity index (χ4v) is 3.48. The summed E-state index contributed by atoms with van der Waals surface area (Å²) in [5.74, 6) is 1.02. The summed E-state index contributed by atoms with van der Waals surface area (Å²) in [5, 5.41) is 7.75. The molecule has 0 fully saturated rings. The fraction of sp³-hybridized carbons (Fsp3) is 0.412. The van der Waals surface area contributed by atoms with Crippen LogP contribution < -0.4 is 10.1 Å². The lowest BCUT2D eigenvalue weighted by atomic mass is 10.1. The van der Waals surface area contributed by atoms with E-state index in [1.54, 1.807) is 11.3 Å². The Morgan fingerprint density at radius 1 is 1.33 bits per heavy atom. The summed E-state index contributed by atoms with van der Waals surface area (Å²) in [7, 11) is 0. The normalized spacial score (nSPS) is 11.1. The number of nitrogens with one attached hydrogen (secondary N) is 1. The molecule has 1 N–H and O–H groups in total. The molecule has 21 heavy (non-hydrogen) atoms. The van der Waals surface area contributed by atoms with Crippen molar-refractivity contribution in [2.75, 3.05) is 6.61 Å². The van der Waals surface area contributed by atoms with Gasteiger partial charge in [0.1, 0.15) is 5.75 Å². The summed E-state index contributed by atoms with van der Waals surface area (Å²) in [6, 6.07) is 6.87. The topological polar surface area (TPSA) is 21.3 Å². The van der Waals surface area contributed by atoms with Crippen LogP contribution in [0, 0.1) is 6.92 Å². The maximum Gasteiger partial charge on any atom is 0.126 e. The minimum absolute atomic E-state index is 0.461. The van der Waals surface area contributed by atoms with Crippen LogP contribution >= 0.6 is 27.3 Å². The second-order valence-corrected chi connectivity index (χ2v) is 7.17. The van der Waals surface area contributed by atoms with E-state index < -0.39 is 0 Å². The van der Waals surface area contributed by atoms with Crippen LogP contribution in [0.2, 0.25) is 0 Å². The van der Waals surface area contributed by atoms with Gasteiger partial charge in [-0.15, -0.1) is 0 Å². The molecule has 0 aliphatic carbocycles. The summed E-state index contributed by atoms with van der Waals surface area (Å²) in [6.45, 7) is 7.95. The Kier molecular flexibility index (Phi) is 6.27. The number of halogens is 1. The number of rotatable bonds is 7. The van der Waals surface area contributed by atoms with Crippen molar-refractivity contribution in [3.63, 3.8) is 0 Å². The first-order valence-corrected chi connectivity index (χ1v) is 8.96. The molecule has 2 nitrogen and oxygen atoms in total. The number of hydrogen-bond acceptors (Lipinski definition) is 3. The molecule has 2 rings (SSSR count). The molecule has 0 radical (unpaired) electrons. The Bertz CT molecular complexity index is 566. The fourth-order valence-electron chi connectivity index (χ4n) is 2.16. The van der Waals surface area contributed by atoms with Gasteiger partial charge < -0.3 is 10.1 Å².